The highest BCUT2D eigenvalue weighted by molar-refractivity contribution is 6.34. The number of non-ortho nitro benzene ring substituents is 1. The normalized spacial score (nSPS) is 15.6. The third-order valence-electron chi connectivity index (χ3n) is 5.09. The van der Waals surface area contributed by atoms with Gasteiger partial charge in [0.15, 0.2) is 6.61 Å². The summed E-state index contributed by atoms with van der Waals surface area (Å²) in [6.07, 6.45) is 1.83. The summed E-state index contributed by atoms with van der Waals surface area (Å²) in [6, 6.07) is 2.44. The lowest BCUT2D eigenvalue weighted by Gasteiger charge is -2.30. The Morgan fingerprint density at radius 3 is 2.47 bits per heavy atom. The quantitative estimate of drug-likeness (QED) is 0.396. The Bertz CT molecular complexity index is 821. The number of halogens is 1. The molecule has 164 valence electrons. The number of amides is 2. The molecule has 0 saturated carbocycles. The highest BCUT2D eigenvalue weighted by Crippen LogP contribution is 2.23. The summed E-state index contributed by atoms with van der Waals surface area (Å²) in [5.74, 6) is -1.40. The van der Waals surface area contributed by atoms with E-state index in [4.69, 9.17) is 16.3 Å². The molecule has 1 aliphatic rings. The van der Waals surface area contributed by atoms with Crippen molar-refractivity contribution in [3.63, 3.8) is 0 Å². The number of likely N-dealkylation sites (tertiary alicyclic amines) is 1. The second-order valence-corrected chi connectivity index (χ2v) is 8.19. The van der Waals surface area contributed by atoms with Gasteiger partial charge in [-0.05, 0) is 30.7 Å². The molecular weight excluding hydrogens is 414 g/mol. The number of nitrogens with one attached hydrogen (secondary N) is 1. The van der Waals surface area contributed by atoms with E-state index in [1.54, 1.807) is 18.7 Å². The molecule has 0 spiro atoms. The van der Waals surface area contributed by atoms with E-state index in [1.165, 1.54) is 6.07 Å². The lowest BCUT2D eigenvalue weighted by atomic mass is 9.99. The lowest BCUT2D eigenvalue weighted by Crippen LogP contribution is -2.47. The van der Waals surface area contributed by atoms with Crippen LogP contribution >= 0.6 is 11.6 Å². The maximum atomic E-state index is 12.5. The lowest BCUT2D eigenvalue weighted by molar-refractivity contribution is -0.384. The van der Waals surface area contributed by atoms with Gasteiger partial charge in [0.1, 0.15) is 6.04 Å². The van der Waals surface area contributed by atoms with Crippen LogP contribution in [-0.4, -0.2) is 53.3 Å². The van der Waals surface area contributed by atoms with Crippen molar-refractivity contribution in [2.75, 3.05) is 19.7 Å². The molecule has 2 amide bonds. The van der Waals surface area contributed by atoms with Gasteiger partial charge in [0.05, 0.1) is 15.5 Å². The number of carbonyl (C=O) groups excluding carboxylic acids is 3. The van der Waals surface area contributed by atoms with Crippen molar-refractivity contribution in [2.24, 2.45) is 11.8 Å². The Morgan fingerprint density at radius 2 is 1.93 bits per heavy atom. The number of nitro benzene ring substituents is 1. The molecule has 1 unspecified atom stereocenters. The first-order chi connectivity index (χ1) is 14.1. The van der Waals surface area contributed by atoms with Crippen LogP contribution in [0.3, 0.4) is 0 Å². The number of rotatable bonds is 7. The number of hydrogen-bond acceptors (Lipinski definition) is 6. The van der Waals surface area contributed by atoms with Gasteiger partial charge in [0, 0.05) is 25.2 Å². The van der Waals surface area contributed by atoms with Gasteiger partial charge < -0.3 is 15.0 Å². The fourth-order valence-corrected chi connectivity index (χ4v) is 3.35. The SMILES string of the molecule is CC1CCN(C(=O)COC(=O)C(NC(=O)c2ccc([N+](=O)[O-])cc2Cl)C(C)C)CC1. The van der Waals surface area contributed by atoms with Gasteiger partial charge in [-0.15, -0.1) is 0 Å². The number of esters is 1. The number of nitrogens with zero attached hydrogens (tertiary/aromatic N) is 2. The summed E-state index contributed by atoms with van der Waals surface area (Å²) in [7, 11) is 0. The van der Waals surface area contributed by atoms with Crippen molar-refractivity contribution in [2.45, 2.75) is 39.7 Å². The molecule has 2 rings (SSSR count). The number of nitro groups is 1. The minimum atomic E-state index is -1.00. The first-order valence-electron chi connectivity index (χ1n) is 9.79. The van der Waals surface area contributed by atoms with Crippen LogP contribution in [0.25, 0.3) is 0 Å². The van der Waals surface area contributed by atoms with Gasteiger partial charge in [0.2, 0.25) is 0 Å². The minimum Gasteiger partial charge on any atom is -0.454 e. The Balaban J connectivity index is 1.97. The van der Waals surface area contributed by atoms with Gasteiger partial charge in [-0.2, -0.15) is 0 Å². The number of hydrogen-bond donors (Lipinski definition) is 1. The van der Waals surface area contributed by atoms with Crippen molar-refractivity contribution in [1.82, 2.24) is 10.2 Å². The molecule has 1 aliphatic heterocycles. The molecule has 1 heterocycles. The van der Waals surface area contributed by atoms with Gasteiger partial charge in [-0.1, -0.05) is 32.4 Å². The molecule has 10 heteroatoms. The summed E-state index contributed by atoms with van der Waals surface area (Å²) in [4.78, 5) is 49.1. The van der Waals surface area contributed by atoms with E-state index in [1.807, 2.05) is 0 Å². The van der Waals surface area contributed by atoms with Gasteiger partial charge in [0.25, 0.3) is 17.5 Å². The summed E-state index contributed by atoms with van der Waals surface area (Å²) < 4.78 is 5.16. The van der Waals surface area contributed by atoms with E-state index >= 15 is 0 Å². The predicted molar refractivity (Wildman–Crippen MR) is 110 cm³/mol. The monoisotopic (exact) mass is 439 g/mol. The Kier molecular flexibility index (Phi) is 8.16. The largest absolute Gasteiger partial charge is 0.454 e. The predicted octanol–water partition coefficient (Wildman–Crippen LogP) is 2.80. The Morgan fingerprint density at radius 1 is 1.30 bits per heavy atom. The van der Waals surface area contributed by atoms with Crippen LogP contribution in [0.5, 0.6) is 0 Å². The van der Waals surface area contributed by atoms with Crippen LogP contribution < -0.4 is 5.32 Å². The molecule has 1 saturated heterocycles. The molecule has 1 aromatic rings. The van der Waals surface area contributed by atoms with E-state index in [2.05, 4.69) is 12.2 Å². The van der Waals surface area contributed by atoms with E-state index in [-0.39, 0.29) is 34.7 Å². The maximum absolute atomic E-state index is 12.5. The number of benzene rings is 1. The maximum Gasteiger partial charge on any atom is 0.329 e. The van der Waals surface area contributed by atoms with E-state index in [9.17, 15) is 24.5 Å². The highest BCUT2D eigenvalue weighted by Gasteiger charge is 2.29. The van der Waals surface area contributed by atoms with E-state index < -0.39 is 22.8 Å². The second kappa shape index (κ2) is 10.4. The molecule has 1 atom stereocenters. The number of carbonyl (C=O) groups is 3. The average molecular weight is 440 g/mol. The third-order valence-corrected chi connectivity index (χ3v) is 5.40. The fourth-order valence-electron chi connectivity index (χ4n) is 3.09. The Hall–Kier alpha value is -2.68. The third kappa shape index (κ3) is 6.16. The topological polar surface area (TPSA) is 119 Å². The molecule has 1 fully saturated rings. The van der Waals surface area contributed by atoms with E-state index in [0.29, 0.717) is 19.0 Å². The van der Waals surface area contributed by atoms with Crippen LogP contribution in [0, 0.1) is 22.0 Å². The van der Waals surface area contributed by atoms with Crippen molar-refractivity contribution in [3.05, 3.63) is 38.9 Å². The smallest absolute Gasteiger partial charge is 0.329 e. The highest BCUT2D eigenvalue weighted by atomic mass is 35.5. The zero-order valence-electron chi connectivity index (χ0n) is 17.2. The number of ether oxygens (including phenoxy) is 1. The molecule has 9 nitrogen and oxygen atoms in total. The zero-order chi connectivity index (χ0) is 22.4. The molecule has 30 heavy (non-hydrogen) atoms. The molecular formula is C20H26ClN3O6. The van der Waals surface area contributed by atoms with Crippen LogP contribution in [0.15, 0.2) is 18.2 Å². The van der Waals surface area contributed by atoms with Gasteiger partial charge in [-0.3, -0.25) is 19.7 Å². The first-order valence-corrected chi connectivity index (χ1v) is 10.2. The van der Waals surface area contributed by atoms with Crippen molar-refractivity contribution < 1.29 is 24.0 Å². The number of piperidine rings is 1. The fraction of sp³-hybridized carbons (Fsp3) is 0.550. The van der Waals surface area contributed by atoms with Crippen LogP contribution in [0.1, 0.15) is 44.0 Å². The average Bonchev–Trinajstić information content (AvgIpc) is 2.69. The first kappa shape index (κ1) is 23.6. The standard InChI is InChI=1S/C20H26ClN3O6/c1-12(2)18(20(27)30-11-17(25)23-8-6-13(3)7-9-23)22-19(26)15-5-4-14(24(28)29)10-16(15)21/h4-5,10,12-13,18H,6-9,11H2,1-3H3,(H,22,26). The van der Waals surface area contributed by atoms with Crippen LogP contribution in [0.4, 0.5) is 5.69 Å². The summed E-state index contributed by atoms with van der Waals surface area (Å²) >= 11 is 5.98. The summed E-state index contributed by atoms with van der Waals surface area (Å²) in [5.41, 5.74) is -0.249. The summed E-state index contributed by atoms with van der Waals surface area (Å²) in [5, 5.41) is 13.2. The van der Waals surface area contributed by atoms with Crippen molar-refractivity contribution in [3.8, 4) is 0 Å². The molecule has 0 bridgehead atoms. The van der Waals surface area contributed by atoms with Crippen molar-refractivity contribution in [1.29, 1.82) is 0 Å². The molecule has 0 radical (unpaired) electrons. The Labute approximate surface area is 179 Å². The molecule has 1 aromatic carbocycles. The van der Waals surface area contributed by atoms with Crippen LogP contribution in [-0.2, 0) is 14.3 Å². The van der Waals surface area contributed by atoms with Crippen molar-refractivity contribution >= 4 is 35.1 Å². The van der Waals surface area contributed by atoms with E-state index in [0.717, 1.165) is 25.0 Å². The molecule has 0 aliphatic carbocycles. The molecule has 0 aromatic heterocycles. The minimum absolute atomic E-state index is 0.000713. The molecule has 1 N–H and O–H groups in total. The van der Waals surface area contributed by atoms with Gasteiger partial charge >= 0.3 is 5.97 Å². The summed E-state index contributed by atoms with van der Waals surface area (Å²) in [6.45, 7) is 6.47. The second-order valence-electron chi connectivity index (χ2n) is 7.79. The van der Waals surface area contributed by atoms with Crippen LogP contribution in [0.2, 0.25) is 5.02 Å². The van der Waals surface area contributed by atoms with Gasteiger partial charge in [-0.25, -0.2) is 4.79 Å². The zero-order valence-corrected chi connectivity index (χ0v) is 18.0.